The van der Waals surface area contributed by atoms with Crippen LogP contribution in [0.25, 0.3) is 27.8 Å². The van der Waals surface area contributed by atoms with Crippen LogP contribution < -0.4 is 4.74 Å². The Morgan fingerprint density at radius 1 is 1.14 bits per heavy atom. The van der Waals surface area contributed by atoms with Crippen molar-refractivity contribution in [2.75, 3.05) is 0 Å². The molecule has 1 atom stereocenters. The van der Waals surface area contributed by atoms with Gasteiger partial charge in [0.1, 0.15) is 27.2 Å². The van der Waals surface area contributed by atoms with Crippen molar-refractivity contribution < 1.29 is 23.4 Å². The lowest BCUT2D eigenvalue weighted by molar-refractivity contribution is -0.0498. The van der Waals surface area contributed by atoms with E-state index in [1.54, 1.807) is 17.6 Å². The first-order valence-corrected chi connectivity index (χ1v) is 12.1. The number of rotatable bonds is 6. The molecule has 0 aliphatic carbocycles. The third-order valence-electron chi connectivity index (χ3n) is 6.39. The Labute approximate surface area is 219 Å². The summed E-state index contributed by atoms with van der Waals surface area (Å²) in [5, 5.41) is 10.6. The number of halogens is 3. The Morgan fingerprint density at radius 3 is 2.46 bits per heavy atom. The number of hydrogen-bond donors (Lipinski definition) is 1. The molecule has 0 spiro atoms. The molecule has 37 heavy (non-hydrogen) atoms. The van der Waals surface area contributed by atoms with Crippen molar-refractivity contribution in [1.82, 2.24) is 14.5 Å². The second-order valence-electron chi connectivity index (χ2n) is 8.75. The van der Waals surface area contributed by atoms with Crippen molar-refractivity contribution in [3.8, 4) is 22.6 Å². The molecule has 4 radical (unpaired) electrons. The molecular formula is C26H20B2ClF2N3O3. The van der Waals surface area contributed by atoms with Crippen LogP contribution in [-0.2, 0) is 5.88 Å². The number of carbonyl (C=O) groups excluding carboxylic acids is 1. The number of carbonyl (C=O) groups is 1. The molecular weight excluding hydrogens is 497 g/mol. The number of aromatic nitrogens is 2. The number of alkyl halides is 3. The predicted octanol–water partition coefficient (Wildman–Crippen LogP) is 4.88. The maximum atomic E-state index is 13.7. The van der Waals surface area contributed by atoms with E-state index < -0.39 is 24.1 Å². The third-order valence-corrected chi connectivity index (χ3v) is 6.70. The van der Waals surface area contributed by atoms with Crippen molar-refractivity contribution in [3.63, 3.8) is 0 Å². The fraction of sp³-hybridized carbons (Fsp3) is 0.231. The number of hydrogen-bond acceptors (Lipinski definition) is 4. The smallest absolute Gasteiger partial charge is 0.387 e. The van der Waals surface area contributed by atoms with Crippen LogP contribution in [0.5, 0.6) is 5.75 Å². The van der Waals surface area contributed by atoms with E-state index in [2.05, 4.69) is 0 Å². The number of amides is 1. The zero-order valence-electron chi connectivity index (χ0n) is 19.7. The van der Waals surface area contributed by atoms with Crippen LogP contribution in [-0.4, -0.2) is 53.3 Å². The fourth-order valence-electron chi connectivity index (χ4n) is 4.80. The lowest BCUT2D eigenvalue weighted by atomic mass is 9.70. The third kappa shape index (κ3) is 4.38. The van der Waals surface area contributed by atoms with E-state index in [0.717, 1.165) is 21.6 Å². The molecule has 0 saturated carbocycles. The monoisotopic (exact) mass is 517 g/mol. The van der Waals surface area contributed by atoms with Crippen LogP contribution in [0.3, 0.4) is 0 Å². The van der Waals surface area contributed by atoms with Crippen molar-refractivity contribution in [2.45, 2.75) is 37.4 Å². The van der Waals surface area contributed by atoms with Crippen LogP contribution >= 0.6 is 11.6 Å². The standard InChI is InChI=1S/C26H20B2ClF2N3O3/c1-2-19-23-32-18-11-10-16(15-8-6-14(13-29)7-9-15)12-20(18)33(23)22-17(24(35)34(19)26(27,28)36)4-3-5-21(22)37-25(30)31/h3-12,19,25,36H,2,13H2,1H3. The Morgan fingerprint density at radius 2 is 1.84 bits per heavy atom. The molecule has 0 saturated heterocycles. The zero-order chi connectivity index (χ0) is 26.5. The highest BCUT2D eigenvalue weighted by Crippen LogP contribution is 2.42. The van der Waals surface area contributed by atoms with Crippen LogP contribution in [0.4, 0.5) is 8.78 Å². The quantitative estimate of drug-likeness (QED) is 0.293. The van der Waals surface area contributed by atoms with E-state index in [-0.39, 0.29) is 23.4 Å². The number of fused-ring (bicyclic) bond motifs is 5. The van der Waals surface area contributed by atoms with E-state index in [1.807, 2.05) is 36.4 Å². The Kier molecular flexibility index (Phi) is 6.50. The summed E-state index contributed by atoms with van der Waals surface area (Å²) in [6.45, 7) is -1.37. The van der Waals surface area contributed by atoms with E-state index in [9.17, 15) is 18.7 Å². The lowest BCUT2D eigenvalue weighted by Gasteiger charge is -2.39. The number of ether oxygens (including phenoxy) is 1. The maximum Gasteiger partial charge on any atom is 0.387 e. The van der Waals surface area contributed by atoms with Crippen LogP contribution in [0.15, 0.2) is 60.7 Å². The van der Waals surface area contributed by atoms with Gasteiger partial charge < -0.3 is 14.7 Å². The molecule has 11 heteroatoms. The maximum absolute atomic E-state index is 13.7. The minimum Gasteiger partial charge on any atom is -0.433 e. The summed E-state index contributed by atoms with van der Waals surface area (Å²) >= 11 is 5.92. The van der Waals surface area contributed by atoms with Gasteiger partial charge in [-0.2, -0.15) is 8.78 Å². The summed E-state index contributed by atoms with van der Waals surface area (Å²) in [5.74, 6) is -0.302. The lowest BCUT2D eigenvalue weighted by Crippen LogP contribution is -2.54. The molecule has 1 aliphatic rings. The van der Waals surface area contributed by atoms with Crippen LogP contribution in [0, 0.1) is 0 Å². The molecule has 1 unspecified atom stereocenters. The molecule has 3 aromatic carbocycles. The Hall–Kier alpha value is -3.36. The molecule has 184 valence electrons. The van der Waals surface area contributed by atoms with E-state index >= 15 is 0 Å². The van der Waals surface area contributed by atoms with Crippen molar-refractivity contribution in [3.05, 3.63) is 77.6 Å². The van der Waals surface area contributed by atoms with E-state index in [4.69, 9.17) is 37.0 Å². The van der Waals surface area contributed by atoms with Crippen molar-refractivity contribution in [2.24, 2.45) is 0 Å². The minimum atomic E-state index is -3.14. The molecule has 1 amide bonds. The molecule has 5 rings (SSSR count). The number of aliphatic hydroxyl groups is 1. The van der Waals surface area contributed by atoms with Gasteiger partial charge in [0.25, 0.3) is 5.91 Å². The summed E-state index contributed by atoms with van der Waals surface area (Å²) in [4.78, 5) is 19.3. The van der Waals surface area contributed by atoms with Gasteiger partial charge in [0.05, 0.1) is 28.2 Å². The van der Waals surface area contributed by atoms with E-state index in [0.29, 0.717) is 22.7 Å². The first-order valence-electron chi connectivity index (χ1n) is 11.5. The Balaban J connectivity index is 1.84. The Bertz CT molecular complexity index is 1490. The number of imidazole rings is 1. The summed E-state index contributed by atoms with van der Waals surface area (Å²) in [7, 11) is 11.7. The van der Waals surface area contributed by atoms with Gasteiger partial charge in [0.2, 0.25) is 0 Å². The number of nitrogens with zero attached hydrogens (tertiary/aromatic N) is 3. The average Bonchev–Trinajstić information content (AvgIpc) is 3.18. The SMILES string of the molecule is [B]C([B])(O)N1C(=O)c2cccc(OC(F)F)c2-n2c(nc3ccc(-c4ccc(CCl)cc4)cc32)C1CC. The summed E-state index contributed by atoms with van der Waals surface area (Å²) in [5.41, 5.74) is 1.28. The van der Waals surface area contributed by atoms with Crippen LogP contribution in [0.1, 0.15) is 41.1 Å². The molecule has 1 aliphatic heterocycles. The summed E-state index contributed by atoms with van der Waals surface area (Å²) in [6, 6.07) is 16.6. The molecule has 6 nitrogen and oxygen atoms in total. The highest BCUT2D eigenvalue weighted by Gasteiger charge is 2.42. The summed E-state index contributed by atoms with van der Waals surface area (Å²) < 4.78 is 33.3. The second kappa shape index (κ2) is 9.50. The van der Waals surface area contributed by atoms with E-state index in [1.165, 1.54) is 18.2 Å². The second-order valence-corrected chi connectivity index (χ2v) is 9.02. The first-order chi connectivity index (χ1) is 17.6. The van der Waals surface area contributed by atoms with Crippen molar-refractivity contribution in [1.29, 1.82) is 0 Å². The summed E-state index contributed by atoms with van der Waals surface area (Å²) in [6.07, 6.45) is 0.275. The topological polar surface area (TPSA) is 67.6 Å². The fourth-order valence-corrected chi connectivity index (χ4v) is 4.98. The average molecular weight is 518 g/mol. The molecule has 1 aromatic heterocycles. The predicted molar refractivity (Wildman–Crippen MR) is 138 cm³/mol. The van der Waals surface area contributed by atoms with Crippen molar-refractivity contribution >= 4 is 44.2 Å². The van der Waals surface area contributed by atoms with Gasteiger partial charge in [-0.3, -0.25) is 9.36 Å². The van der Waals surface area contributed by atoms with Gasteiger partial charge >= 0.3 is 6.61 Å². The van der Waals surface area contributed by atoms with Gasteiger partial charge in [-0.1, -0.05) is 43.3 Å². The highest BCUT2D eigenvalue weighted by molar-refractivity contribution is 6.39. The molecule has 4 aromatic rings. The van der Waals surface area contributed by atoms with Gasteiger partial charge in [0.15, 0.2) is 5.75 Å². The molecule has 0 fully saturated rings. The number of benzene rings is 3. The van der Waals surface area contributed by atoms with Crippen LogP contribution in [0.2, 0.25) is 0 Å². The normalized spacial score (nSPS) is 15.6. The van der Waals surface area contributed by atoms with Gasteiger partial charge in [-0.15, -0.1) is 11.6 Å². The highest BCUT2D eigenvalue weighted by atomic mass is 35.5. The van der Waals surface area contributed by atoms with Gasteiger partial charge in [-0.05, 0) is 47.4 Å². The molecule has 1 N–H and O–H groups in total. The van der Waals surface area contributed by atoms with Gasteiger partial charge in [0, 0.05) is 5.88 Å². The first kappa shape index (κ1) is 25.3. The molecule has 2 heterocycles. The number of para-hydroxylation sites is 1. The minimum absolute atomic E-state index is 0.0270. The molecule has 0 bridgehead atoms. The van der Waals surface area contributed by atoms with Gasteiger partial charge in [-0.25, -0.2) is 4.98 Å². The largest absolute Gasteiger partial charge is 0.433 e. The zero-order valence-corrected chi connectivity index (χ0v) is 20.5.